The molecule has 3 aromatic rings. The van der Waals surface area contributed by atoms with Crippen LogP contribution in [0.2, 0.25) is 5.02 Å². The van der Waals surface area contributed by atoms with E-state index >= 15 is 0 Å². The highest BCUT2D eigenvalue weighted by atomic mass is 35.5. The van der Waals surface area contributed by atoms with E-state index in [1.807, 2.05) is 42.4 Å². The molecule has 41 heavy (non-hydrogen) atoms. The zero-order valence-electron chi connectivity index (χ0n) is 22.8. The molecule has 0 bridgehead atoms. The Morgan fingerprint density at radius 3 is 2.61 bits per heavy atom. The minimum absolute atomic E-state index is 0.0938. The van der Waals surface area contributed by atoms with E-state index in [0.717, 1.165) is 41.9 Å². The summed E-state index contributed by atoms with van der Waals surface area (Å²) in [7, 11) is 3.50. The number of aromatic nitrogens is 3. The van der Waals surface area contributed by atoms with Gasteiger partial charge in [-0.15, -0.1) is 0 Å². The predicted molar refractivity (Wildman–Crippen MR) is 150 cm³/mol. The number of rotatable bonds is 7. The predicted octanol–water partition coefficient (Wildman–Crippen LogP) is 4.51. The topological polar surface area (TPSA) is 92.6 Å². The molecule has 6 rings (SSSR count). The quantitative estimate of drug-likeness (QED) is 0.439. The lowest BCUT2D eigenvalue weighted by Gasteiger charge is -2.47. The number of amides is 2. The van der Waals surface area contributed by atoms with Gasteiger partial charge in [0.1, 0.15) is 16.9 Å². The molecule has 1 saturated carbocycles. The Morgan fingerprint density at radius 2 is 1.95 bits per heavy atom. The van der Waals surface area contributed by atoms with Crippen molar-refractivity contribution < 1.29 is 23.1 Å². The normalized spacial score (nSPS) is 21.3. The van der Waals surface area contributed by atoms with Crippen LogP contribution in [0.15, 0.2) is 42.7 Å². The summed E-state index contributed by atoms with van der Waals surface area (Å²) in [6, 6.07) is 8.86. The summed E-state index contributed by atoms with van der Waals surface area (Å²) in [5.74, 6) is 1.31. The first-order chi connectivity index (χ1) is 19.7. The maximum atomic E-state index is 14.0. The second-order valence-corrected chi connectivity index (χ2v) is 11.6. The van der Waals surface area contributed by atoms with Gasteiger partial charge in [0.15, 0.2) is 5.82 Å². The fraction of sp³-hybridized carbons (Fsp3) is 0.448. The number of alkyl halides is 2. The number of halogens is 3. The summed E-state index contributed by atoms with van der Waals surface area (Å²) >= 11 is 5.91. The number of benzene rings is 1. The highest BCUT2D eigenvalue weighted by Crippen LogP contribution is 2.50. The molecule has 1 saturated heterocycles. The maximum absolute atomic E-state index is 14.0. The van der Waals surface area contributed by atoms with E-state index in [0.29, 0.717) is 32.5 Å². The second-order valence-electron chi connectivity index (χ2n) is 11.2. The number of carbonyl (C=O) groups is 2. The van der Waals surface area contributed by atoms with Crippen molar-refractivity contribution in [1.29, 1.82) is 0 Å². The third kappa shape index (κ3) is 4.90. The van der Waals surface area contributed by atoms with Crippen LogP contribution in [-0.2, 0) is 17.3 Å². The van der Waals surface area contributed by atoms with Crippen molar-refractivity contribution in [2.75, 3.05) is 36.5 Å². The van der Waals surface area contributed by atoms with Crippen LogP contribution in [0.5, 0.6) is 5.75 Å². The summed E-state index contributed by atoms with van der Waals surface area (Å²) < 4.78 is 34.0. The Bertz CT molecular complexity index is 1480. The summed E-state index contributed by atoms with van der Waals surface area (Å²) in [6.45, 7) is 1.69. The maximum Gasteiger partial charge on any atom is 0.281 e. The van der Waals surface area contributed by atoms with Gasteiger partial charge < -0.3 is 19.9 Å². The molecule has 0 radical (unpaired) electrons. The summed E-state index contributed by atoms with van der Waals surface area (Å²) in [5.41, 5.74) is 0.490. The van der Waals surface area contributed by atoms with Crippen LogP contribution >= 0.6 is 11.6 Å². The summed E-state index contributed by atoms with van der Waals surface area (Å²) in [6.07, 6.45) is 3.09. The lowest BCUT2D eigenvalue weighted by molar-refractivity contribution is -0.124. The number of carbonyl (C=O) groups excluding carboxylic acids is 2. The molecule has 1 N–H and O–H groups in total. The molecular formula is C29H31ClF2N6O3. The molecule has 9 nitrogen and oxygen atoms in total. The number of anilines is 2. The molecule has 1 aromatic carbocycles. The number of fused-ring (bicyclic) bond motifs is 2. The Kier molecular flexibility index (Phi) is 7.09. The van der Waals surface area contributed by atoms with Gasteiger partial charge in [0.2, 0.25) is 5.91 Å². The van der Waals surface area contributed by atoms with Gasteiger partial charge in [-0.3, -0.25) is 19.3 Å². The Balaban J connectivity index is 1.12. The fourth-order valence-electron chi connectivity index (χ4n) is 6.39. The van der Waals surface area contributed by atoms with Crippen LogP contribution in [0.25, 0.3) is 0 Å². The number of aryl methyl sites for hydroxylation is 1. The molecule has 0 unspecified atom stereocenters. The molecule has 12 heteroatoms. The third-order valence-electron chi connectivity index (χ3n) is 8.57. The van der Waals surface area contributed by atoms with E-state index in [1.54, 1.807) is 11.8 Å². The minimum atomic E-state index is -2.88. The second kappa shape index (κ2) is 10.6. The smallest absolute Gasteiger partial charge is 0.281 e. The Labute approximate surface area is 241 Å². The molecule has 1 aliphatic carbocycles. The molecule has 2 aliphatic heterocycles. The highest BCUT2D eigenvalue weighted by molar-refractivity contribution is 6.30. The Hall–Kier alpha value is -3.73. The van der Waals surface area contributed by atoms with Gasteiger partial charge in [-0.2, -0.15) is 5.10 Å². The van der Waals surface area contributed by atoms with Crippen molar-refractivity contribution in [3.05, 3.63) is 64.6 Å². The lowest BCUT2D eigenvalue weighted by atomic mass is 9.74. The third-order valence-corrected chi connectivity index (χ3v) is 8.78. The average molecular weight is 585 g/mol. The highest BCUT2D eigenvalue weighted by Gasteiger charge is 2.58. The van der Waals surface area contributed by atoms with Crippen LogP contribution in [0.4, 0.5) is 20.3 Å². The average Bonchev–Trinajstić information content (AvgIpc) is 3.46. The zero-order chi connectivity index (χ0) is 28.9. The number of nitrogens with zero attached hydrogens (tertiary/aromatic N) is 5. The van der Waals surface area contributed by atoms with E-state index in [9.17, 15) is 18.4 Å². The monoisotopic (exact) mass is 584 g/mol. The number of hydrogen-bond acceptors (Lipinski definition) is 6. The van der Waals surface area contributed by atoms with Crippen molar-refractivity contribution in [2.24, 2.45) is 13.0 Å². The first-order valence-electron chi connectivity index (χ1n) is 13.7. The first kappa shape index (κ1) is 27.4. The van der Waals surface area contributed by atoms with Crippen LogP contribution < -0.4 is 19.9 Å². The van der Waals surface area contributed by atoms with E-state index in [1.165, 1.54) is 6.07 Å². The molecule has 3 aliphatic rings. The number of methoxy groups -OCH3 is 1. The van der Waals surface area contributed by atoms with Gasteiger partial charge >= 0.3 is 0 Å². The van der Waals surface area contributed by atoms with Crippen LogP contribution in [0.1, 0.15) is 53.7 Å². The van der Waals surface area contributed by atoms with Gasteiger partial charge in [0.25, 0.3) is 12.3 Å². The van der Waals surface area contributed by atoms with Crippen molar-refractivity contribution >= 4 is 34.9 Å². The van der Waals surface area contributed by atoms with Crippen molar-refractivity contribution in [3.63, 3.8) is 0 Å². The van der Waals surface area contributed by atoms with Gasteiger partial charge in [-0.05, 0) is 61.4 Å². The zero-order valence-corrected chi connectivity index (χ0v) is 23.6. The van der Waals surface area contributed by atoms with Crippen molar-refractivity contribution in [3.8, 4) is 5.75 Å². The number of nitrogens with one attached hydrogen (secondary N) is 1. The van der Waals surface area contributed by atoms with Gasteiger partial charge in [-0.1, -0.05) is 11.6 Å². The summed E-state index contributed by atoms with van der Waals surface area (Å²) in [5, 5.41) is 7.51. The molecule has 0 atom stereocenters. The van der Waals surface area contributed by atoms with Crippen LogP contribution in [0.3, 0.4) is 0 Å². The molecule has 216 valence electrons. The minimum Gasteiger partial charge on any atom is -0.497 e. The standard InChI is InChI=1S/C29H31ClF2N6O3/c1-36-10-9-24(35-36)37-15-29(16-37)22-12-20(41-2)7-8-23(22)38(28(29)40)14-17-3-5-19(6-4-17)34-27(39)21-11-18(30)13-33-25(21)26(31)32/h7-13,17,19,26H,3-6,14-16H2,1-2H3,(H,34,39). The lowest BCUT2D eigenvalue weighted by Crippen LogP contribution is -2.64. The molecule has 4 heterocycles. The fourth-order valence-corrected chi connectivity index (χ4v) is 6.54. The SMILES string of the molecule is COc1ccc2c(c1)C1(CN(c3ccn(C)n3)C1)C(=O)N2CC1CCC(NC(=O)c2cc(Cl)cnc2C(F)F)CC1. The number of hydrogen-bond donors (Lipinski definition) is 1. The van der Waals surface area contributed by atoms with E-state index in [2.05, 4.69) is 20.3 Å². The van der Waals surface area contributed by atoms with Gasteiger partial charge in [0, 0.05) is 56.9 Å². The molecule has 2 fully saturated rings. The van der Waals surface area contributed by atoms with Crippen molar-refractivity contribution in [2.45, 2.75) is 43.6 Å². The van der Waals surface area contributed by atoms with Crippen LogP contribution in [0, 0.1) is 5.92 Å². The van der Waals surface area contributed by atoms with E-state index in [-0.39, 0.29) is 28.5 Å². The van der Waals surface area contributed by atoms with E-state index < -0.39 is 23.4 Å². The van der Waals surface area contributed by atoms with Crippen molar-refractivity contribution in [1.82, 2.24) is 20.1 Å². The van der Waals surface area contributed by atoms with Gasteiger partial charge in [0.05, 0.1) is 17.7 Å². The Morgan fingerprint density at radius 1 is 1.20 bits per heavy atom. The molecule has 1 spiro atoms. The molecule has 2 amide bonds. The first-order valence-corrected chi connectivity index (χ1v) is 14.1. The summed E-state index contributed by atoms with van der Waals surface area (Å²) in [4.78, 5) is 34.5. The molecule has 2 aromatic heterocycles. The number of pyridine rings is 1. The number of ether oxygens (including phenoxy) is 1. The van der Waals surface area contributed by atoms with Crippen LogP contribution in [-0.4, -0.2) is 59.4 Å². The van der Waals surface area contributed by atoms with E-state index in [4.69, 9.17) is 16.3 Å². The van der Waals surface area contributed by atoms with Gasteiger partial charge in [-0.25, -0.2) is 8.78 Å². The molecular weight excluding hydrogens is 554 g/mol. The largest absolute Gasteiger partial charge is 0.497 e.